The van der Waals surface area contributed by atoms with Crippen molar-refractivity contribution in [1.82, 2.24) is 0 Å². The number of anilines is 1. The lowest BCUT2D eigenvalue weighted by atomic mass is 10.2. The van der Waals surface area contributed by atoms with E-state index in [0.717, 1.165) is 11.3 Å². The summed E-state index contributed by atoms with van der Waals surface area (Å²) in [5, 5.41) is -0.559. The molecule has 5 heteroatoms. The van der Waals surface area contributed by atoms with Crippen LogP contribution in [0.3, 0.4) is 0 Å². The Balaban J connectivity index is 2.54. The van der Waals surface area contributed by atoms with Crippen LogP contribution in [-0.4, -0.2) is 5.30 Å². The molecule has 0 saturated heterocycles. The minimum atomic E-state index is -0.559. The number of rotatable bonds is 3. The molecule has 1 rings (SSSR count). The largest absolute Gasteiger partial charge is 0.453 e. The summed E-state index contributed by atoms with van der Waals surface area (Å²) in [6, 6.07) is 7.59. The molecule has 0 aliphatic rings. The Kier molecular flexibility index (Phi) is 4.37. The molecule has 0 aromatic heterocycles. The normalized spacial score (nSPS) is 9.38. The molecule has 0 heterocycles. The van der Waals surface area contributed by atoms with Gasteiger partial charge < -0.3 is 8.27 Å². The first-order valence-electron chi connectivity index (χ1n) is 3.53. The van der Waals surface area contributed by atoms with E-state index in [4.69, 9.17) is 4.74 Å². The third kappa shape index (κ3) is 3.86. The standard InChI is InChI=1S/C8H8INO2S/c9-10-7-3-1-6(2-4-7)5-12-8(11)13/h1-4,10H,5H2,(H,11,13). The predicted molar refractivity (Wildman–Crippen MR) is 63.3 cm³/mol. The zero-order valence-corrected chi connectivity index (χ0v) is 9.71. The smallest absolute Gasteiger partial charge is 0.364 e. The number of thiol groups is 1. The monoisotopic (exact) mass is 309 g/mol. The molecule has 0 aliphatic carbocycles. The van der Waals surface area contributed by atoms with Gasteiger partial charge in [0.2, 0.25) is 0 Å². The molecule has 0 radical (unpaired) electrons. The molecule has 1 aromatic rings. The average molecular weight is 309 g/mol. The second kappa shape index (κ2) is 5.33. The van der Waals surface area contributed by atoms with Crippen molar-refractivity contribution in [2.75, 3.05) is 3.53 Å². The first-order chi connectivity index (χ1) is 6.22. The molecule has 1 N–H and O–H groups in total. The second-order valence-electron chi connectivity index (χ2n) is 2.35. The fraction of sp³-hybridized carbons (Fsp3) is 0.125. The maximum absolute atomic E-state index is 10.4. The molecule has 0 aliphatic heterocycles. The quantitative estimate of drug-likeness (QED) is 0.390. The summed E-state index contributed by atoms with van der Waals surface area (Å²) in [4.78, 5) is 10.4. The van der Waals surface area contributed by atoms with Crippen LogP contribution in [0, 0.1) is 0 Å². The molecule has 0 atom stereocenters. The molecule has 3 nitrogen and oxygen atoms in total. The molecule has 0 amide bonds. The van der Waals surface area contributed by atoms with Crippen LogP contribution in [0.15, 0.2) is 24.3 Å². The van der Waals surface area contributed by atoms with Crippen molar-refractivity contribution in [2.45, 2.75) is 6.61 Å². The van der Waals surface area contributed by atoms with Crippen LogP contribution >= 0.6 is 35.5 Å². The van der Waals surface area contributed by atoms with Gasteiger partial charge in [-0.2, -0.15) is 0 Å². The van der Waals surface area contributed by atoms with E-state index < -0.39 is 5.30 Å². The molecule has 0 bridgehead atoms. The summed E-state index contributed by atoms with van der Waals surface area (Å²) in [5.74, 6) is 0. The van der Waals surface area contributed by atoms with E-state index >= 15 is 0 Å². The topological polar surface area (TPSA) is 38.3 Å². The number of carbonyl (C=O) groups is 1. The highest BCUT2D eigenvalue weighted by atomic mass is 127. The van der Waals surface area contributed by atoms with Crippen molar-refractivity contribution in [2.24, 2.45) is 0 Å². The Hall–Kier alpha value is -0.430. The van der Waals surface area contributed by atoms with E-state index in [-0.39, 0.29) is 6.61 Å². The maximum Gasteiger partial charge on any atom is 0.364 e. The lowest BCUT2D eigenvalue weighted by molar-refractivity contribution is 0.169. The number of halogens is 1. The Morgan fingerprint density at radius 3 is 2.54 bits per heavy atom. The fourth-order valence-electron chi connectivity index (χ4n) is 0.809. The van der Waals surface area contributed by atoms with Crippen LogP contribution in [0.5, 0.6) is 0 Å². The van der Waals surface area contributed by atoms with Crippen molar-refractivity contribution in [3.8, 4) is 0 Å². The average Bonchev–Trinajstić information content (AvgIpc) is 2.15. The first kappa shape index (κ1) is 10.6. The molecule has 13 heavy (non-hydrogen) atoms. The van der Waals surface area contributed by atoms with Gasteiger partial charge in [0, 0.05) is 5.69 Å². The van der Waals surface area contributed by atoms with Gasteiger partial charge in [0.1, 0.15) is 6.61 Å². The summed E-state index contributed by atoms with van der Waals surface area (Å²) in [7, 11) is 0. The zero-order valence-electron chi connectivity index (χ0n) is 6.66. The lowest BCUT2D eigenvalue weighted by Gasteiger charge is -2.02. The second-order valence-corrected chi connectivity index (χ2v) is 3.25. The predicted octanol–water partition coefficient (Wildman–Crippen LogP) is 3.01. The van der Waals surface area contributed by atoms with E-state index in [0.29, 0.717) is 0 Å². The third-order valence-electron chi connectivity index (χ3n) is 1.43. The number of nitrogens with one attached hydrogen (secondary N) is 1. The van der Waals surface area contributed by atoms with Crippen molar-refractivity contribution >= 4 is 46.5 Å². The van der Waals surface area contributed by atoms with Gasteiger partial charge in [-0.05, 0) is 17.7 Å². The summed E-state index contributed by atoms with van der Waals surface area (Å²) >= 11 is 5.54. The van der Waals surface area contributed by atoms with Crippen LogP contribution in [0.4, 0.5) is 10.5 Å². The van der Waals surface area contributed by atoms with Gasteiger partial charge in [0.15, 0.2) is 0 Å². The SMILES string of the molecule is O=C(S)OCc1ccc(NI)cc1. The number of hydrogen-bond acceptors (Lipinski definition) is 3. The Morgan fingerprint density at radius 2 is 2.08 bits per heavy atom. The van der Waals surface area contributed by atoms with Gasteiger partial charge in [-0.1, -0.05) is 24.8 Å². The molecule has 0 saturated carbocycles. The van der Waals surface area contributed by atoms with Crippen molar-refractivity contribution in [3.05, 3.63) is 29.8 Å². The molecular weight excluding hydrogens is 301 g/mol. The van der Waals surface area contributed by atoms with Crippen molar-refractivity contribution in [3.63, 3.8) is 0 Å². The van der Waals surface area contributed by atoms with Crippen LogP contribution < -0.4 is 3.53 Å². The number of ether oxygens (including phenoxy) is 1. The third-order valence-corrected chi connectivity index (χ3v) is 2.18. The lowest BCUT2D eigenvalue weighted by Crippen LogP contribution is -1.94. The van der Waals surface area contributed by atoms with Crippen molar-refractivity contribution < 1.29 is 9.53 Å². The highest BCUT2D eigenvalue weighted by Crippen LogP contribution is 2.11. The van der Waals surface area contributed by atoms with Gasteiger partial charge in [0.05, 0.1) is 22.9 Å². The van der Waals surface area contributed by atoms with E-state index in [9.17, 15) is 4.79 Å². The van der Waals surface area contributed by atoms with Crippen LogP contribution in [0.1, 0.15) is 5.56 Å². The summed E-state index contributed by atoms with van der Waals surface area (Å²) in [6.45, 7) is 0.268. The fourth-order valence-corrected chi connectivity index (χ4v) is 1.23. The Morgan fingerprint density at radius 1 is 1.46 bits per heavy atom. The number of benzene rings is 1. The Bertz CT molecular complexity index is 289. The maximum atomic E-state index is 10.4. The Labute approximate surface area is 95.8 Å². The van der Waals surface area contributed by atoms with E-state index in [2.05, 4.69) is 16.2 Å². The van der Waals surface area contributed by atoms with Gasteiger partial charge >= 0.3 is 5.30 Å². The minimum Gasteiger partial charge on any atom is -0.453 e. The molecule has 0 unspecified atom stereocenters. The number of hydrogen-bond donors (Lipinski definition) is 2. The van der Waals surface area contributed by atoms with Gasteiger partial charge in [0.25, 0.3) is 0 Å². The zero-order chi connectivity index (χ0) is 9.68. The highest BCUT2D eigenvalue weighted by molar-refractivity contribution is 14.1. The summed E-state index contributed by atoms with van der Waals surface area (Å²) < 4.78 is 7.67. The molecule has 0 spiro atoms. The van der Waals surface area contributed by atoms with Crippen LogP contribution in [-0.2, 0) is 11.3 Å². The number of carbonyl (C=O) groups excluding carboxylic acids is 1. The highest BCUT2D eigenvalue weighted by Gasteiger charge is 1.96. The van der Waals surface area contributed by atoms with E-state index in [1.807, 2.05) is 47.1 Å². The molecule has 70 valence electrons. The van der Waals surface area contributed by atoms with Gasteiger partial charge in [-0.25, -0.2) is 4.79 Å². The van der Waals surface area contributed by atoms with Crippen LogP contribution in [0.25, 0.3) is 0 Å². The van der Waals surface area contributed by atoms with Crippen LogP contribution in [0.2, 0.25) is 0 Å². The van der Waals surface area contributed by atoms with E-state index in [1.54, 1.807) is 0 Å². The van der Waals surface area contributed by atoms with Crippen molar-refractivity contribution in [1.29, 1.82) is 0 Å². The van der Waals surface area contributed by atoms with E-state index in [1.165, 1.54) is 0 Å². The molecule has 1 aromatic carbocycles. The molecular formula is C8H8INO2S. The summed E-state index contributed by atoms with van der Waals surface area (Å²) in [6.07, 6.45) is 0. The first-order valence-corrected chi connectivity index (χ1v) is 5.06. The van der Waals surface area contributed by atoms with Gasteiger partial charge in [-0.15, -0.1) is 0 Å². The summed E-state index contributed by atoms with van der Waals surface area (Å²) in [5.41, 5.74) is 1.96. The molecule has 0 fully saturated rings. The minimum absolute atomic E-state index is 0.268. The van der Waals surface area contributed by atoms with Gasteiger partial charge in [-0.3, -0.25) is 0 Å².